The molecule has 0 fully saturated rings. The van der Waals surface area contributed by atoms with E-state index in [2.05, 4.69) is 65.2 Å². The molecule has 3 aromatic rings. The Bertz CT molecular complexity index is 853. The number of rotatable bonds is 6. The van der Waals surface area contributed by atoms with Crippen LogP contribution in [0.3, 0.4) is 0 Å². The molecule has 0 aliphatic rings. The fourth-order valence-corrected chi connectivity index (χ4v) is 3.11. The summed E-state index contributed by atoms with van der Waals surface area (Å²) in [4.78, 5) is 0. The van der Waals surface area contributed by atoms with Gasteiger partial charge in [-0.05, 0) is 31.4 Å². The highest BCUT2D eigenvalue weighted by atomic mass is 79.9. The van der Waals surface area contributed by atoms with Gasteiger partial charge in [0.25, 0.3) is 0 Å². The van der Waals surface area contributed by atoms with E-state index in [4.69, 9.17) is 6.42 Å². The van der Waals surface area contributed by atoms with Gasteiger partial charge >= 0.3 is 0 Å². The van der Waals surface area contributed by atoms with Gasteiger partial charge < -0.3 is 22.1 Å². The maximum absolute atomic E-state index is 9.39. The van der Waals surface area contributed by atoms with Crippen molar-refractivity contribution in [3.05, 3.63) is 54.7 Å². The Kier molecular flexibility index (Phi) is 6.78. The van der Waals surface area contributed by atoms with Crippen molar-refractivity contribution in [1.82, 2.24) is 0 Å². The molecule has 1 heterocycles. The highest BCUT2D eigenvalue weighted by Gasteiger charge is 2.12. The lowest BCUT2D eigenvalue weighted by molar-refractivity contribution is -0.670. The largest absolute Gasteiger partial charge is 1.00 e. The van der Waals surface area contributed by atoms with Gasteiger partial charge in [-0.3, -0.25) is 0 Å². The number of pyridine rings is 1. The minimum Gasteiger partial charge on any atom is -1.00 e. The number of terminal acetylenes is 1. The van der Waals surface area contributed by atoms with Crippen LogP contribution < -0.4 is 21.5 Å². The Morgan fingerprint density at radius 1 is 0.958 bits per heavy atom. The Morgan fingerprint density at radius 3 is 2.46 bits per heavy atom. The SMILES string of the molecule is C#CC(O)CCCCC[n+]1cc2ccccc2c2ccccc21.[Br-]. The number of para-hydroxylation sites is 1. The van der Waals surface area contributed by atoms with Crippen LogP contribution in [0.1, 0.15) is 25.7 Å². The summed E-state index contributed by atoms with van der Waals surface area (Å²) in [6.07, 6.45) is 10.7. The standard InChI is InChI=1S/C21H22NO.BrH/c1-2-18(23)11-4-3-9-15-22-16-17-10-5-6-12-19(17)20-13-7-8-14-21(20)22;/h1,5-8,10,12-14,16,18,23H,3-4,9,11,15H2;1H/q+1;/p-1. The van der Waals surface area contributed by atoms with Crippen LogP contribution in [-0.4, -0.2) is 11.2 Å². The molecule has 1 unspecified atom stereocenters. The van der Waals surface area contributed by atoms with E-state index in [1.807, 2.05) is 0 Å². The molecule has 2 nitrogen and oxygen atoms in total. The zero-order chi connectivity index (χ0) is 16.1. The quantitative estimate of drug-likeness (QED) is 0.290. The van der Waals surface area contributed by atoms with E-state index in [-0.39, 0.29) is 17.0 Å². The summed E-state index contributed by atoms with van der Waals surface area (Å²) >= 11 is 0. The van der Waals surface area contributed by atoms with Crippen LogP contribution in [0.5, 0.6) is 0 Å². The molecule has 0 saturated carbocycles. The number of fused-ring (bicyclic) bond motifs is 3. The van der Waals surface area contributed by atoms with E-state index in [1.54, 1.807) is 0 Å². The Morgan fingerprint density at radius 2 is 1.67 bits per heavy atom. The van der Waals surface area contributed by atoms with Gasteiger partial charge in [-0.25, -0.2) is 0 Å². The first-order valence-corrected chi connectivity index (χ1v) is 8.24. The Hall–Kier alpha value is -1.89. The average Bonchev–Trinajstić information content (AvgIpc) is 2.61. The van der Waals surface area contributed by atoms with Gasteiger partial charge in [0.2, 0.25) is 5.52 Å². The first kappa shape index (κ1) is 18.4. The first-order chi connectivity index (χ1) is 11.3. The van der Waals surface area contributed by atoms with Crippen LogP contribution in [0, 0.1) is 12.3 Å². The lowest BCUT2D eigenvalue weighted by Gasteiger charge is -2.06. The molecule has 1 N–H and O–H groups in total. The van der Waals surface area contributed by atoms with E-state index in [1.165, 1.54) is 21.7 Å². The van der Waals surface area contributed by atoms with Crippen LogP contribution in [-0.2, 0) is 6.54 Å². The highest BCUT2D eigenvalue weighted by molar-refractivity contribution is 6.03. The normalized spacial score (nSPS) is 11.8. The molecular formula is C21H22BrNO. The fourth-order valence-electron chi connectivity index (χ4n) is 3.11. The zero-order valence-electron chi connectivity index (χ0n) is 13.7. The van der Waals surface area contributed by atoms with Crippen molar-refractivity contribution < 1.29 is 26.7 Å². The number of benzene rings is 2. The smallest absolute Gasteiger partial charge is 0.213 e. The molecule has 0 amide bonds. The van der Waals surface area contributed by atoms with Crippen LogP contribution in [0.4, 0.5) is 0 Å². The van der Waals surface area contributed by atoms with E-state index >= 15 is 0 Å². The summed E-state index contributed by atoms with van der Waals surface area (Å²) in [6, 6.07) is 17.1. The minimum atomic E-state index is -0.593. The Labute approximate surface area is 153 Å². The second-order valence-corrected chi connectivity index (χ2v) is 5.96. The topological polar surface area (TPSA) is 24.1 Å². The maximum Gasteiger partial charge on any atom is 0.213 e. The number of hydrogen-bond acceptors (Lipinski definition) is 1. The molecule has 0 bridgehead atoms. The van der Waals surface area contributed by atoms with Gasteiger partial charge in [0.15, 0.2) is 6.20 Å². The van der Waals surface area contributed by atoms with Crippen molar-refractivity contribution in [3.8, 4) is 12.3 Å². The van der Waals surface area contributed by atoms with Crippen LogP contribution in [0.25, 0.3) is 21.7 Å². The second-order valence-electron chi connectivity index (χ2n) is 5.96. The predicted molar refractivity (Wildman–Crippen MR) is 95.0 cm³/mol. The molecule has 2 aromatic carbocycles. The second kappa shape index (κ2) is 8.82. The van der Waals surface area contributed by atoms with Crippen LogP contribution in [0.15, 0.2) is 54.7 Å². The first-order valence-electron chi connectivity index (χ1n) is 8.24. The van der Waals surface area contributed by atoms with E-state index in [9.17, 15) is 5.11 Å². The molecule has 0 aliphatic heterocycles. The molecule has 24 heavy (non-hydrogen) atoms. The van der Waals surface area contributed by atoms with E-state index < -0.39 is 6.10 Å². The summed E-state index contributed by atoms with van der Waals surface area (Å²) in [5.41, 5.74) is 1.27. The van der Waals surface area contributed by atoms with Crippen molar-refractivity contribution in [3.63, 3.8) is 0 Å². The third-order valence-electron chi connectivity index (χ3n) is 4.33. The van der Waals surface area contributed by atoms with Crippen molar-refractivity contribution in [2.75, 3.05) is 0 Å². The van der Waals surface area contributed by atoms with Gasteiger partial charge in [0, 0.05) is 23.3 Å². The van der Waals surface area contributed by atoms with E-state index in [0.29, 0.717) is 6.42 Å². The number of aryl methyl sites for hydroxylation is 1. The molecule has 1 aromatic heterocycles. The molecule has 3 heteroatoms. The molecular weight excluding hydrogens is 362 g/mol. The summed E-state index contributed by atoms with van der Waals surface area (Å²) < 4.78 is 2.34. The molecule has 0 radical (unpaired) electrons. The number of aliphatic hydroxyl groups is 1. The zero-order valence-corrected chi connectivity index (χ0v) is 15.2. The summed E-state index contributed by atoms with van der Waals surface area (Å²) in [5, 5.41) is 13.3. The molecule has 124 valence electrons. The van der Waals surface area contributed by atoms with Crippen molar-refractivity contribution >= 4 is 21.7 Å². The van der Waals surface area contributed by atoms with E-state index in [0.717, 1.165) is 25.8 Å². The van der Waals surface area contributed by atoms with Gasteiger partial charge in [-0.1, -0.05) is 36.3 Å². The summed E-state index contributed by atoms with van der Waals surface area (Å²) in [6.45, 7) is 0.984. The third kappa shape index (κ3) is 4.14. The third-order valence-corrected chi connectivity index (χ3v) is 4.33. The Balaban J connectivity index is 0.00000208. The van der Waals surface area contributed by atoms with Crippen LogP contribution in [0.2, 0.25) is 0 Å². The van der Waals surface area contributed by atoms with Crippen molar-refractivity contribution in [1.29, 1.82) is 0 Å². The predicted octanol–water partition coefficient (Wildman–Crippen LogP) is 0.839. The monoisotopic (exact) mass is 383 g/mol. The number of nitrogens with zero attached hydrogens (tertiary/aromatic N) is 1. The summed E-state index contributed by atoms with van der Waals surface area (Å²) in [5.74, 6) is 2.37. The molecule has 0 spiro atoms. The average molecular weight is 384 g/mol. The van der Waals surface area contributed by atoms with Gasteiger partial charge in [0.05, 0.1) is 5.39 Å². The maximum atomic E-state index is 9.39. The van der Waals surface area contributed by atoms with Crippen molar-refractivity contribution in [2.45, 2.75) is 38.3 Å². The molecule has 0 aliphatic carbocycles. The number of unbranched alkanes of at least 4 members (excludes halogenated alkanes) is 2. The van der Waals surface area contributed by atoms with Gasteiger partial charge in [-0.15, -0.1) is 6.42 Å². The fraction of sp³-hybridized carbons (Fsp3) is 0.286. The molecule has 1 atom stereocenters. The summed E-state index contributed by atoms with van der Waals surface area (Å²) in [7, 11) is 0. The minimum absolute atomic E-state index is 0. The van der Waals surface area contributed by atoms with Gasteiger partial charge in [0.1, 0.15) is 12.6 Å². The molecule has 0 saturated heterocycles. The van der Waals surface area contributed by atoms with Gasteiger partial charge in [-0.2, -0.15) is 4.57 Å². The lowest BCUT2D eigenvalue weighted by Crippen LogP contribution is -3.00. The van der Waals surface area contributed by atoms with Crippen molar-refractivity contribution in [2.24, 2.45) is 0 Å². The van der Waals surface area contributed by atoms with Crippen LogP contribution >= 0.6 is 0 Å². The highest BCUT2D eigenvalue weighted by Crippen LogP contribution is 2.22. The molecule has 3 rings (SSSR count). The lowest BCUT2D eigenvalue weighted by atomic mass is 10.1. The number of aliphatic hydroxyl groups excluding tert-OH is 1. The number of halogens is 1. The number of aromatic nitrogens is 1. The number of hydrogen-bond donors (Lipinski definition) is 1.